The topological polar surface area (TPSA) is 85.9 Å². The molecular formula is C11H12N2O3. The Hall–Kier alpha value is -1.88. The summed E-state index contributed by atoms with van der Waals surface area (Å²) in [6.45, 7) is 1.87. The molecule has 0 radical (unpaired) electrons. The van der Waals surface area contributed by atoms with E-state index in [4.69, 9.17) is 0 Å². The molecular weight excluding hydrogens is 208 g/mol. The van der Waals surface area contributed by atoms with Gasteiger partial charge in [-0.15, -0.1) is 0 Å². The predicted octanol–water partition coefficient (Wildman–Crippen LogP) is 0.660. The summed E-state index contributed by atoms with van der Waals surface area (Å²) < 4.78 is 0. The van der Waals surface area contributed by atoms with Gasteiger partial charge in [0.25, 0.3) is 0 Å². The molecule has 1 atom stereocenters. The lowest BCUT2D eigenvalue weighted by Crippen LogP contribution is -2.28. The fourth-order valence-corrected chi connectivity index (χ4v) is 1.58. The van der Waals surface area contributed by atoms with Crippen molar-refractivity contribution in [2.24, 2.45) is 0 Å². The van der Waals surface area contributed by atoms with Gasteiger partial charge in [-0.2, -0.15) is 0 Å². The number of aliphatic hydroxyl groups is 1. The average Bonchev–Trinajstić information content (AvgIpc) is 2.29. The van der Waals surface area contributed by atoms with Crippen LogP contribution in [0.25, 0.3) is 11.0 Å². The van der Waals surface area contributed by atoms with Gasteiger partial charge in [-0.1, -0.05) is 13.0 Å². The predicted molar refractivity (Wildman–Crippen MR) is 60.4 cm³/mol. The Morgan fingerprint density at radius 2 is 1.81 bits per heavy atom. The number of aromatic nitrogens is 2. The number of benzene rings is 1. The lowest BCUT2D eigenvalue weighted by molar-refractivity contribution is 0.174. The van der Waals surface area contributed by atoms with E-state index in [-0.39, 0.29) is 0 Å². The largest absolute Gasteiger partial charge is 0.388 e. The quantitative estimate of drug-likeness (QED) is 0.650. The lowest BCUT2D eigenvalue weighted by atomic mass is 10.1. The van der Waals surface area contributed by atoms with Gasteiger partial charge in [-0.3, -0.25) is 9.59 Å². The first-order valence-electron chi connectivity index (χ1n) is 5.06. The Kier molecular flexibility index (Phi) is 2.62. The average molecular weight is 220 g/mol. The minimum Gasteiger partial charge on any atom is -0.388 e. The van der Waals surface area contributed by atoms with Crippen LogP contribution >= 0.6 is 0 Å². The number of rotatable bonds is 2. The zero-order valence-corrected chi connectivity index (χ0v) is 8.78. The van der Waals surface area contributed by atoms with Gasteiger partial charge in [-0.25, -0.2) is 0 Å². The zero-order chi connectivity index (χ0) is 11.7. The molecule has 0 fully saturated rings. The molecule has 0 aliphatic heterocycles. The Morgan fingerprint density at radius 1 is 1.19 bits per heavy atom. The zero-order valence-electron chi connectivity index (χ0n) is 8.78. The molecule has 0 saturated carbocycles. The van der Waals surface area contributed by atoms with Crippen LogP contribution in [0.15, 0.2) is 27.8 Å². The fraction of sp³-hybridized carbons (Fsp3) is 0.273. The summed E-state index contributed by atoms with van der Waals surface area (Å²) in [5, 5.41) is 9.65. The fourth-order valence-electron chi connectivity index (χ4n) is 1.58. The molecule has 3 N–H and O–H groups in total. The molecule has 0 amide bonds. The van der Waals surface area contributed by atoms with E-state index >= 15 is 0 Å². The number of nitrogens with one attached hydrogen (secondary N) is 2. The van der Waals surface area contributed by atoms with Crippen molar-refractivity contribution in [3.63, 3.8) is 0 Å². The Morgan fingerprint density at radius 3 is 2.44 bits per heavy atom. The summed E-state index contributed by atoms with van der Waals surface area (Å²) in [6, 6.07) is 5.06. The highest BCUT2D eigenvalue weighted by Crippen LogP contribution is 2.18. The third kappa shape index (κ3) is 1.77. The van der Waals surface area contributed by atoms with Crippen molar-refractivity contribution in [2.45, 2.75) is 19.4 Å². The van der Waals surface area contributed by atoms with Gasteiger partial charge in [0.1, 0.15) is 0 Å². The Bertz CT molecular complexity index is 627. The molecule has 84 valence electrons. The van der Waals surface area contributed by atoms with E-state index in [1.807, 2.05) is 6.92 Å². The van der Waals surface area contributed by atoms with Crippen molar-refractivity contribution in [1.29, 1.82) is 0 Å². The van der Waals surface area contributed by atoms with Crippen LogP contribution in [0.3, 0.4) is 0 Å². The first-order valence-corrected chi connectivity index (χ1v) is 5.06. The summed E-state index contributed by atoms with van der Waals surface area (Å²) in [6.07, 6.45) is 0.0406. The molecule has 0 unspecified atom stereocenters. The van der Waals surface area contributed by atoms with Crippen LogP contribution in [-0.4, -0.2) is 15.1 Å². The molecule has 5 nitrogen and oxygen atoms in total. The van der Waals surface area contributed by atoms with E-state index in [0.29, 0.717) is 17.5 Å². The van der Waals surface area contributed by atoms with Gasteiger partial charge in [0.15, 0.2) is 0 Å². The summed E-state index contributed by atoms with van der Waals surface area (Å²) >= 11 is 0. The van der Waals surface area contributed by atoms with Gasteiger partial charge in [0.2, 0.25) is 0 Å². The second-order valence-corrected chi connectivity index (χ2v) is 3.64. The first-order chi connectivity index (χ1) is 7.61. The van der Waals surface area contributed by atoms with Crippen molar-refractivity contribution in [3.05, 3.63) is 44.5 Å². The van der Waals surface area contributed by atoms with E-state index < -0.39 is 17.2 Å². The lowest BCUT2D eigenvalue weighted by Gasteiger charge is -2.08. The molecule has 1 aromatic heterocycles. The molecule has 0 spiro atoms. The maximum Gasteiger partial charge on any atom is 0.314 e. The van der Waals surface area contributed by atoms with Crippen LogP contribution in [-0.2, 0) is 0 Å². The molecule has 0 bridgehead atoms. The number of aromatic amines is 2. The second-order valence-electron chi connectivity index (χ2n) is 3.64. The minimum atomic E-state index is -0.685. The molecule has 2 rings (SSSR count). The highest BCUT2D eigenvalue weighted by Gasteiger charge is 2.06. The van der Waals surface area contributed by atoms with Gasteiger partial charge in [0.05, 0.1) is 17.1 Å². The Balaban J connectivity index is 2.67. The van der Waals surface area contributed by atoms with Crippen molar-refractivity contribution >= 4 is 11.0 Å². The second kappa shape index (κ2) is 3.94. The van der Waals surface area contributed by atoms with Crippen LogP contribution in [0.5, 0.6) is 0 Å². The minimum absolute atomic E-state index is 0.523. The molecule has 1 heterocycles. The number of aliphatic hydroxyl groups excluding tert-OH is 1. The van der Waals surface area contributed by atoms with E-state index in [1.165, 1.54) is 0 Å². The third-order valence-electron chi connectivity index (χ3n) is 2.52. The molecule has 0 aliphatic rings. The highest BCUT2D eigenvalue weighted by molar-refractivity contribution is 5.74. The SMILES string of the molecule is CC[C@@H](O)c1ccc2[nH]c(=O)c(=O)[nH]c2c1. The molecule has 5 heteroatoms. The van der Waals surface area contributed by atoms with E-state index in [9.17, 15) is 14.7 Å². The summed E-state index contributed by atoms with van der Waals surface area (Å²) in [7, 11) is 0. The van der Waals surface area contributed by atoms with Crippen molar-refractivity contribution in [3.8, 4) is 0 Å². The molecule has 1 aromatic carbocycles. The normalized spacial score (nSPS) is 12.9. The van der Waals surface area contributed by atoms with Gasteiger partial charge < -0.3 is 15.1 Å². The van der Waals surface area contributed by atoms with E-state index in [2.05, 4.69) is 9.97 Å². The van der Waals surface area contributed by atoms with Gasteiger partial charge in [0, 0.05) is 0 Å². The van der Waals surface area contributed by atoms with Gasteiger partial charge >= 0.3 is 11.1 Å². The summed E-state index contributed by atoms with van der Waals surface area (Å²) in [5.41, 5.74) is 0.441. The van der Waals surface area contributed by atoms with Crippen molar-refractivity contribution < 1.29 is 5.11 Å². The van der Waals surface area contributed by atoms with Crippen LogP contribution in [0.2, 0.25) is 0 Å². The number of fused-ring (bicyclic) bond motifs is 1. The smallest absolute Gasteiger partial charge is 0.314 e. The summed E-state index contributed by atoms with van der Waals surface area (Å²) in [4.78, 5) is 27.1. The first kappa shape index (κ1) is 10.6. The monoisotopic (exact) mass is 220 g/mol. The summed E-state index contributed by atoms with van der Waals surface area (Å²) in [5.74, 6) is 0. The van der Waals surface area contributed by atoms with Crippen molar-refractivity contribution in [1.82, 2.24) is 9.97 Å². The number of H-pyrrole nitrogens is 2. The van der Waals surface area contributed by atoms with Crippen LogP contribution in [0.1, 0.15) is 25.0 Å². The van der Waals surface area contributed by atoms with E-state index in [1.54, 1.807) is 18.2 Å². The number of hydrogen-bond acceptors (Lipinski definition) is 3. The Labute approximate surface area is 90.8 Å². The molecule has 2 aromatic rings. The highest BCUT2D eigenvalue weighted by atomic mass is 16.3. The van der Waals surface area contributed by atoms with Crippen LogP contribution < -0.4 is 11.1 Å². The van der Waals surface area contributed by atoms with Crippen molar-refractivity contribution in [2.75, 3.05) is 0 Å². The molecule has 0 aliphatic carbocycles. The maximum absolute atomic E-state index is 11.1. The molecule has 16 heavy (non-hydrogen) atoms. The van der Waals surface area contributed by atoms with Crippen LogP contribution in [0.4, 0.5) is 0 Å². The van der Waals surface area contributed by atoms with Gasteiger partial charge in [-0.05, 0) is 24.1 Å². The number of hydrogen-bond donors (Lipinski definition) is 3. The third-order valence-corrected chi connectivity index (χ3v) is 2.52. The molecule has 0 saturated heterocycles. The standard InChI is InChI=1S/C11H12N2O3/c1-2-9(14)6-3-4-7-8(5-6)13-11(16)10(15)12-7/h3-5,9,14H,2H2,1H3,(H,12,15)(H,13,16)/t9-/m1/s1. The van der Waals surface area contributed by atoms with E-state index in [0.717, 1.165) is 5.56 Å². The maximum atomic E-state index is 11.1. The van der Waals surface area contributed by atoms with Crippen LogP contribution in [0, 0.1) is 0 Å².